The lowest BCUT2D eigenvalue weighted by molar-refractivity contribution is 0.0776. The van der Waals surface area contributed by atoms with Gasteiger partial charge in [-0.1, -0.05) is 6.07 Å². The largest absolute Gasteiger partial charge is 0.494 e. The Morgan fingerprint density at radius 1 is 1.42 bits per heavy atom. The van der Waals surface area contributed by atoms with Crippen LogP contribution in [0.2, 0.25) is 0 Å². The van der Waals surface area contributed by atoms with Crippen molar-refractivity contribution in [2.45, 2.75) is 12.1 Å². The smallest absolute Gasteiger partial charge is 0.254 e. The highest BCUT2D eigenvalue weighted by atomic mass is 19.1. The van der Waals surface area contributed by atoms with E-state index in [0.717, 1.165) is 0 Å². The van der Waals surface area contributed by atoms with Crippen LogP contribution in [0.15, 0.2) is 18.2 Å². The summed E-state index contributed by atoms with van der Waals surface area (Å²) >= 11 is 0. The molecule has 2 atom stereocenters. The molecule has 1 amide bonds. The number of nitrogens with one attached hydrogen (secondary N) is 2. The highest BCUT2D eigenvalue weighted by Gasteiger charge is 2.29. The summed E-state index contributed by atoms with van der Waals surface area (Å²) in [5.41, 5.74) is -0.0268. The SMILES string of the molecule is COc1cccc(C(=O)N[C@@H]2CNC[C@@H]2OC)c1F. The summed E-state index contributed by atoms with van der Waals surface area (Å²) in [7, 11) is 2.95. The zero-order chi connectivity index (χ0) is 13.8. The number of hydrogen-bond donors (Lipinski definition) is 2. The van der Waals surface area contributed by atoms with Gasteiger partial charge in [-0.25, -0.2) is 4.39 Å². The lowest BCUT2D eigenvalue weighted by Gasteiger charge is -2.18. The second-order valence-electron chi connectivity index (χ2n) is 4.33. The van der Waals surface area contributed by atoms with E-state index in [9.17, 15) is 9.18 Å². The fourth-order valence-corrected chi connectivity index (χ4v) is 2.14. The van der Waals surface area contributed by atoms with Crippen molar-refractivity contribution in [1.82, 2.24) is 10.6 Å². The highest BCUT2D eigenvalue weighted by molar-refractivity contribution is 5.95. The molecule has 0 radical (unpaired) electrons. The van der Waals surface area contributed by atoms with Gasteiger partial charge in [0.25, 0.3) is 5.91 Å². The van der Waals surface area contributed by atoms with Crippen molar-refractivity contribution in [3.8, 4) is 5.75 Å². The van der Waals surface area contributed by atoms with E-state index in [2.05, 4.69) is 10.6 Å². The van der Waals surface area contributed by atoms with Crippen LogP contribution in [0.5, 0.6) is 5.75 Å². The van der Waals surface area contributed by atoms with Crippen LogP contribution in [-0.2, 0) is 4.74 Å². The second-order valence-corrected chi connectivity index (χ2v) is 4.33. The van der Waals surface area contributed by atoms with Gasteiger partial charge in [0.2, 0.25) is 0 Å². The van der Waals surface area contributed by atoms with Gasteiger partial charge in [0, 0.05) is 20.2 Å². The minimum Gasteiger partial charge on any atom is -0.494 e. The van der Waals surface area contributed by atoms with Crippen LogP contribution >= 0.6 is 0 Å². The molecule has 1 fully saturated rings. The topological polar surface area (TPSA) is 59.6 Å². The maximum absolute atomic E-state index is 13.9. The molecule has 1 aromatic carbocycles. The van der Waals surface area contributed by atoms with Crippen LogP contribution < -0.4 is 15.4 Å². The molecule has 2 rings (SSSR count). The first-order valence-corrected chi connectivity index (χ1v) is 6.04. The third-order valence-corrected chi connectivity index (χ3v) is 3.21. The standard InChI is InChI=1S/C13H17FN2O3/c1-18-10-5-3-4-8(12(10)14)13(17)16-9-6-15-7-11(9)19-2/h3-5,9,11,15H,6-7H2,1-2H3,(H,16,17)/t9-,11+/m1/s1. The molecule has 0 aliphatic carbocycles. The monoisotopic (exact) mass is 268 g/mol. The number of ether oxygens (including phenoxy) is 2. The Bertz CT molecular complexity index is 467. The molecule has 0 bridgehead atoms. The van der Waals surface area contributed by atoms with Crippen molar-refractivity contribution >= 4 is 5.91 Å². The first-order chi connectivity index (χ1) is 9.17. The van der Waals surface area contributed by atoms with Crippen LogP contribution in [0.25, 0.3) is 0 Å². The van der Waals surface area contributed by atoms with Crippen molar-refractivity contribution in [2.75, 3.05) is 27.3 Å². The van der Waals surface area contributed by atoms with E-state index in [4.69, 9.17) is 9.47 Å². The van der Waals surface area contributed by atoms with E-state index in [1.807, 2.05) is 0 Å². The van der Waals surface area contributed by atoms with E-state index in [-0.39, 0.29) is 23.5 Å². The third-order valence-electron chi connectivity index (χ3n) is 3.21. The Labute approximate surface area is 111 Å². The van der Waals surface area contributed by atoms with Gasteiger partial charge in [-0.05, 0) is 12.1 Å². The number of benzene rings is 1. The molecule has 0 aromatic heterocycles. The van der Waals surface area contributed by atoms with Gasteiger partial charge in [0.15, 0.2) is 11.6 Å². The first kappa shape index (κ1) is 13.8. The fourth-order valence-electron chi connectivity index (χ4n) is 2.14. The predicted molar refractivity (Wildman–Crippen MR) is 67.9 cm³/mol. The number of amides is 1. The average molecular weight is 268 g/mol. The maximum Gasteiger partial charge on any atom is 0.254 e. The Balaban J connectivity index is 2.12. The number of carbonyl (C=O) groups is 1. The number of rotatable bonds is 4. The summed E-state index contributed by atoms with van der Waals surface area (Å²) in [6.45, 7) is 1.28. The van der Waals surface area contributed by atoms with E-state index in [1.165, 1.54) is 19.2 Å². The Morgan fingerprint density at radius 3 is 2.89 bits per heavy atom. The van der Waals surface area contributed by atoms with E-state index in [0.29, 0.717) is 13.1 Å². The molecule has 2 N–H and O–H groups in total. The molecule has 0 unspecified atom stereocenters. The molecule has 0 spiro atoms. The van der Waals surface area contributed by atoms with E-state index >= 15 is 0 Å². The first-order valence-electron chi connectivity index (χ1n) is 6.04. The molecule has 6 heteroatoms. The van der Waals surface area contributed by atoms with Crippen LogP contribution in [0.3, 0.4) is 0 Å². The lowest BCUT2D eigenvalue weighted by atomic mass is 10.1. The molecule has 1 aromatic rings. The molecule has 0 saturated carbocycles. The minimum absolute atomic E-state index is 0.0268. The predicted octanol–water partition coefficient (Wildman–Crippen LogP) is 0.551. The summed E-state index contributed by atoms with van der Waals surface area (Å²) in [6, 6.07) is 4.32. The Kier molecular flexibility index (Phi) is 4.34. The molecular formula is C13H17FN2O3. The Morgan fingerprint density at radius 2 is 2.21 bits per heavy atom. The van der Waals surface area contributed by atoms with Crippen molar-refractivity contribution < 1.29 is 18.7 Å². The second kappa shape index (κ2) is 5.99. The molecule has 5 nitrogen and oxygen atoms in total. The van der Waals surface area contributed by atoms with Gasteiger partial charge in [0.1, 0.15) is 0 Å². The van der Waals surface area contributed by atoms with Crippen molar-refractivity contribution in [3.63, 3.8) is 0 Å². The summed E-state index contributed by atoms with van der Waals surface area (Å²) in [5.74, 6) is -1.06. The van der Waals surface area contributed by atoms with Gasteiger partial charge in [-0.3, -0.25) is 4.79 Å². The van der Waals surface area contributed by atoms with Crippen LogP contribution in [0.1, 0.15) is 10.4 Å². The summed E-state index contributed by atoms with van der Waals surface area (Å²) in [6.07, 6.45) is -0.0994. The molecule has 19 heavy (non-hydrogen) atoms. The van der Waals surface area contributed by atoms with Gasteiger partial charge in [0.05, 0.1) is 24.8 Å². The summed E-state index contributed by atoms with van der Waals surface area (Å²) < 4.78 is 24.0. The van der Waals surface area contributed by atoms with Crippen LogP contribution in [-0.4, -0.2) is 45.4 Å². The molecule has 1 saturated heterocycles. The molecular weight excluding hydrogens is 251 g/mol. The van der Waals surface area contributed by atoms with Gasteiger partial charge in [-0.15, -0.1) is 0 Å². The van der Waals surface area contributed by atoms with Gasteiger partial charge < -0.3 is 20.1 Å². The molecule has 104 valence electrons. The van der Waals surface area contributed by atoms with Crippen molar-refractivity contribution in [1.29, 1.82) is 0 Å². The number of hydrogen-bond acceptors (Lipinski definition) is 4. The lowest BCUT2D eigenvalue weighted by Crippen LogP contribution is -2.43. The van der Waals surface area contributed by atoms with Crippen LogP contribution in [0, 0.1) is 5.82 Å². The zero-order valence-electron chi connectivity index (χ0n) is 10.9. The normalized spacial score (nSPS) is 22.3. The third kappa shape index (κ3) is 2.85. The number of carbonyl (C=O) groups excluding carboxylic acids is 1. The van der Waals surface area contributed by atoms with Crippen molar-refractivity contribution in [3.05, 3.63) is 29.6 Å². The van der Waals surface area contributed by atoms with Crippen LogP contribution in [0.4, 0.5) is 4.39 Å². The summed E-state index contributed by atoms with van der Waals surface area (Å²) in [4.78, 5) is 12.1. The van der Waals surface area contributed by atoms with E-state index < -0.39 is 11.7 Å². The summed E-state index contributed by atoms with van der Waals surface area (Å²) in [5, 5.41) is 5.88. The molecule has 1 aliphatic heterocycles. The van der Waals surface area contributed by atoms with E-state index in [1.54, 1.807) is 13.2 Å². The van der Waals surface area contributed by atoms with Crippen molar-refractivity contribution in [2.24, 2.45) is 0 Å². The Hall–Kier alpha value is -1.66. The molecule has 1 aliphatic rings. The molecule has 1 heterocycles. The fraction of sp³-hybridized carbons (Fsp3) is 0.462. The minimum atomic E-state index is -0.651. The number of methoxy groups -OCH3 is 2. The zero-order valence-corrected chi connectivity index (χ0v) is 10.9. The van der Waals surface area contributed by atoms with Gasteiger partial charge >= 0.3 is 0 Å². The quantitative estimate of drug-likeness (QED) is 0.837. The highest BCUT2D eigenvalue weighted by Crippen LogP contribution is 2.20. The van der Waals surface area contributed by atoms with Gasteiger partial charge in [-0.2, -0.15) is 0 Å². The average Bonchev–Trinajstić information content (AvgIpc) is 2.86. The maximum atomic E-state index is 13.9. The number of halogens is 1.